The van der Waals surface area contributed by atoms with Gasteiger partial charge in [-0.15, -0.1) is 0 Å². The fraction of sp³-hybridized carbons (Fsp3) is 0.917. The molecule has 1 saturated carbocycles. The number of nitrogens with two attached hydrogens (primary N) is 1. The largest absolute Gasteiger partial charge is 0.395 e. The van der Waals surface area contributed by atoms with Gasteiger partial charge < -0.3 is 15.7 Å². The summed E-state index contributed by atoms with van der Waals surface area (Å²) < 4.78 is 0. The Morgan fingerprint density at radius 1 is 1.50 bits per heavy atom. The summed E-state index contributed by atoms with van der Waals surface area (Å²) in [6.07, 6.45) is 4.54. The van der Waals surface area contributed by atoms with Crippen molar-refractivity contribution in [1.82, 2.24) is 4.90 Å². The van der Waals surface area contributed by atoms with Crippen LogP contribution in [-0.2, 0) is 4.79 Å². The minimum absolute atomic E-state index is 0.0499. The van der Waals surface area contributed by atoms with Crippen LogP contribution in [0.1, 0.15) is 46.0 Å². The third-order valence-electron chi connectivity index (χ3n) is 3.16. The van der Waals surface area contributed by atoms with Crippen molar-refractivity contribution in [3.8, 4) is 0 Å². The lowest BCUT2D eigenvalue weighted by atomic mass is 9.90. The minimum Gasteiger partial charge on any atom is -0.395 e. The van der Waals surface area contributed by atoms with E-state index in [4.69, 9.17) is 10.8 Å². The SMILES string of the molecule is CC(C)(N)CCC(=O)N(CCO)C1CCC1. The lowest BCUT2D eigenvalue weighted by molar-refractivity contribution is -0.136. The molecule has 0 saturated heterocycles. The van der Waals surface area contributed by atoms with Gasteiger partial charge in [0.05, 0.1) is 6.61 Å². The maximum Gasteiger partial charge on any atom is 0.222 e. The van der Waals surface area contributed by atoms with Gasteiger partial charge in [-0.25, -0.2) is 0 Å². The summed E-state index contributed by atoms with van der Waals surface area (Å²) in [5.41, 5.74) is 5.57. The Morgan fingerprint density at radius 3 is 2.50 bits per heavy atom. The van der Waals surface area contributed by atoms with Crippen molar-refractivity contribution in [3.05, 3.63) is 0 Å². The highest BCUT2D eigenvalue weighted by molar-refractivity contribution is 5.76. The quantitative estimate of drug-likeness (QED) is 0.709. The number of rotatable bonds is 6. The van der Waals surface area contributed by atoms with Crippen molar-refractivity contribution in [2.45, 2.75) is 57.5 Å². The molecule has 0 aromatic rings. The molecule has 0 spiro atoms. The van der Waals surface area contributed by atoms with Gasteiger partial charge >= 0.3 is 0 Å². The van der Waals surface area contributed by atoms with Crippen LogP contribution >= 0.6 is 0 Å². The minimum atomic E-state index is -0.292. The zero-order valence-corrected chi connectivity index (χ0v) is 10.4. The third kappa shape index (κ3) is 4.10. The van der Waals surface area contributed by atoms with Crippen molar-refractivity contribution < 1.29 is 9.90 Å². The summed E-state index contributed by atoms with van der Waals surface area (Å²) in [6.45, 7) is 4.38. The van der Waals surface area contributed by atoms with Gasteiger partial charge in [-0.2, -0.15) is 0 Å². The third-order valence-corrected chi connectivity index (χ3v) is 3.16. The van der Waals surface area contributed by atoms with Gasteiger partial charge in [0.25, 0.3) is 0 Å². The summed E-state index contributed by atoms with van der Waals surface area (Å²) in [6, 6.07) is 0.362. The second-order valence-electron chi connectivity index (χ2n) is 5.38. The van der Waals surface area contributed by atoms with E-state index in [1.165, 1.54) is 6.42 Å². The van der Waals surface area contributed by atoms with Crippen molar-refractivity contribution in [2.24, 2.45) is 5.73 Å². The van der Waals surface area contributed by atoms with E-state index in [0.717, 1.165) is 12.8 Å². The van der Waals surface area contributed by atoms with E-state index in [2.05, 4.69) is 0 Å². The van der Waals surface area contributed by atoms with Crippen LogP contribution in [0.2, 0.25) is 0 Å². The Balaban J connectivity index is 2.41. The normalized spacial score (nSPS) is 17.0. The highest BCUT2D eigenvalue weighted by Crippen LogP contribution is 2.25. The summed E-state index contributed by atoms with van der Waals surface area (Å²) in [7, 11) is 0. The number of aliphatic hydroxyl groups excluding tert-OH is 1. The van der Waals surface area contributed by atoms with Crippen LogP contribution in [0.25, 0.3) is 0 Å². The molecule has 0 aromatic heterocycles. The van der Waals surface area contributed by atoms with Crippen LogP contribution in [0.5, 0.6) is 0 Å². The van der Waals surface area contributed by atoms with Gasteiger partial charge in [0.15, 0.2) is 0 Å². The van der Waals surface area contributed by atoms with E-state index in [1.807, 2.05) is 18.7 Å². The van der Waals surface area contributed by atoms with Crippen LogP contribution in [0.15, 0.2) is 0 Å². The van der Waals surface area contributed by atoms with Gasteiger partial charge in [-0.1, -0.05) is 0 Å². The highest BCUT2D eigenvalue weighted by atomic mass is 16.3. The fourth-order valence-electron chi connectivity index (χ4n) is 1.89. The topological polar surface area (TPSA) is 66.6 Å². The molecule has 4 nitrogen and oxygen atoms in total. The molecule has 1 fully saturated rings. The molecule has 3 N–H and O–H groups in total. The van der Waals surface area contributed by atoms with Crippen molar-refractivity contribution >= 4 is 5.91 Å². The van der Waals surface area contributed by atoms with E-state index in [1.54, 1.807) is 0 Å². The van der Waals surface area contributed by atoms with Gasteiger partial charge in [-0.05, 0) is 39.5 Å². The van der Waals surface area contributed by atoms with Gasteiger partial charge in [0.1, 0.15) is 0 Å². The number of carbonyl (C=O) groups is 1. The Labute approximate surface area is 97.8 Å². The van der Waals surface area contributed by atoms with E-state index in [0.29, 0.717) is 25.4 Å². The second-order valence-corrected chi connectivity index (χ2v) is 5.38. The van der Waals surface area contributed by atoms with Crippen molar-refractivity contribution in [2.75, 3.05) is 13.2 Å². The zero-order chi connectivity index (χ0) is 12.2. The molecule has 0 aliphatic heterocycles. The van der Waals surface area contributed by atoms with Crippen LogP contribution in [0.4, 0.5) is 0 Å². The molecular formula is C12H24N2O2. The molecule has 1 aliphatic rings. The molecular weight excluding hydrogens is 204 g/mol. The van der Waals surface area contributed by atoms with Gasteiger partial charge in [0, 0.05) is 24.5 Å². The molecule has 4 heteroatoms. The van der Waals surface area contributed by atoms with E-state index < -0.39 is 0 Å². The first-order chi connectivity index (χ1) is 7.44. The van der Waals surface area contributed by atoms with Crippen LogP contribution in [0, 0.1) is 0 Å². The van der Waals surface area contributed by atoms with E-state index in [-0.39, 0.29) is 18.1 Å². The Bertz CT molecular complexity index is 232. The molecule has 1 aliphatic carbocycles. The summed E-state index contributed by atoms with van der Waals surface area (Å²) in [4.78, 5) is 13.8. The first-order valence-corrected chi connectivity index (χ1v) is 6.13. The van der Waals surface area contributed by atoms with Crippen LogP contribution in [-0.4, -0.2) is 40.6 Å². The monoisotopic (exact) mass is 228 g/mol. The number of carbonyl (C=O) groups excluding carboxylic acids is 1. The molecule has 1 rings (SSSR count). The first kappa shape index (κ1) is 13.5. The van der Waals surface area contributed by atoms with Gasteiger partial charge in [-0.3, -0.25) is 4.79 Å². The number of amides is 1. The first-order valence-electron chi connectivity index (χ1n) is 6.13. The Hall–Kier alpha value is -0.610. The molecule has 0 bridgehead atoms. The molecule has 0 unspecified atom stereocenters. The van der Waals surface area contributed by atoms with Crippen LogP contribution in [0.3, 0.4) is 0 Å². The van der Waals surface area contributed by atoms with Crippen molar-refractivity contribution in [3.63, 3.8) is 0 Å². The maximum atomic E-state index is 12.0. The molecule has 0 radical (unpaired) electrons. The zero-order valence-electron chi connectivity index (χ0n) is 10.4. The number of hydrogen-bond acceptors (Lipinski definition) is 3. The number of hydrogen-bond donors (Lipinski definition) is 2. The fourth-order valence-corrected chi connectivity index (χ4v) is 1.89. The Kier molecular flexibility index (Phi) is 4.74. The molecule has 0 heterocycles. The maximum absolute atomic E-state index is 12.0. The van der Waals surface area contributed by atoms with E-state index in [9.17, 15) is 4.79 Å². The van der Waals surface area contributed by atoms with Gasteiger partial charge in [0.2, 0.25) is 5.91 Å². The molecule has 1 amide bonds. The highest BCUT2D eigenvalue weighted by Gasteiger charge is 2.28. The summed E-state index contributed by atoms with van der Waals surface area (Å²) >= 11 is 0. The molecule has 16 heavy (non-hydrogen) atoms. The number of aliphatic hydroxyl groups is 1. The average molecular weight is 228 g/mol. The van der Waals surface area contributed by atoms with Crippen LogP contribution < -0.4 is 5.73 Å². The molecule has 0 atom stereocenters. The lowest BCUT2D eigenvalue weighted by Crippen LogP contribution is -2.46. The smallest absolute Gasteiger partial charge is 0.222 e. The summed E-state index contributed by atoms with van der Waals surface area (Å²) in [5, 5.41) is 8.96. The standard InChI is InChI=1S/C12H24N2O2/c1-12(2,13)7-6-11(16)14(8-9-15)10-4-3-5-10/h10,15H,3-9,13H2,1-2H3. The number of nitrogens with zero attached hydrogens (tertiary/aromatic N) is 1. The Morgan fingerprint density at radius 2 is 2.12 bits per heavy atom. The summed E-state index contributed by atoms with van der Waals surface area (Å²) in [5.74, 6) is 0.136. The second kappa shape index (κ2) is 5.64. The predicted molar refractivity (Wildman–Crippen MR) is 63.9 cm³/mol. The molecule has 94 valence electrons. The predicted octanol–water partition coefficient (Wildman–Crippen LogP) is 0.877. The van der Waals surface area contributed by atoms with E-state index >= 15 is 0 Å². The molecule has 0 aromatic carbocycles. The lowest BCUT2D eigenvalue weighted by Gasteiger charge is -2.37. The van der Waals surface area contributed by atoms with Crippen molar-refractivity contribution in [1.29, 1.82) is 0 Å². The average Bonchev–Trinajstić information content (AvgIpc) is 2.09.